The summed E-state index contributed by atoms with van der Waals surface area (Å²) in [4.78, 5) is 12.3. The topological polar surface area (TPSA) is 47.6 Å². The first-order valence-corrected chi connectivity index (χ1v) is 8.61. The zero-order valence-electron chi connectivity index (χ0n) is 12.3. The Balaban J connectivity index is 1.93. The van der Waals surface area contributed by atoms with E-state index in [1.54, 1.807) is 18.4 Å². The second-order valence-electron chi connectivity index (χ2n) is 4.58. The number of carbonyl (C=O) groups excluding carboxylic acids is 1. The molecule has 118 valence electrons. The third-order valence-corrected chi connectivity index (χ3v) is 4.81. The SMILES string of the molecule is CNC(=O)OCCC(OCc1ccccc1Br)c1cccs1. The molecule has 0 fully saturated rings. The van der Waals surface area contributed by atoms with Gasteiger partial charge in [0.15, 0.2) is 0 Å². The van der Waals surface area contributed by atoms with Crippen LogP contribution in [0, 0.1) is 0 Å². The molecule has 2 rings (SSSR count). The highest BCUT2D eigenvalue weighted by Gasteiger charge is 2.15. The Bertz CT molecular complexity index is 589. The second-order valence-corrected chi connectivity index (χ2v) is 6.41. The van der Waals surface area contributed by atoms with Gasteiger partial charge in [-0.1, -0.05) is 40.2 Å². The van der Waals surface area contributed by atoms with Crippen LogP contribution in [0.4, 0.5) is 4.79 Å². The van der Waals surface area contributed by atoms with E-state index < -0.39 is 6.09 Å². The van der Waals surface area contributed by atoms with Crippen LogP contribution in [0.5, 0.6) is 0 Å². The Hall–Kier alpha value is -1.37. The van der Waals surface area contributed by atoms with Gasteiger partial charge in [0.2, 0.25) is 0 Å². The maximum atomic E-state index is 11.1. The third-order valence-electron chi connectivity index (χ3n) is 3.08. The molecule has 1 N–H and O–H groups in total. The number of rotatable bonds is 7. The van der Waals surface area contributed by atoms with Crippen LogP contribution < -0.4 is 5.32 Å². The molecule has 0 radical (unpaired) electrons. The van der Waals surface area contributed by atoms with Crippen LogP contribution in [0.1, 0.15) is 23.0 Å². The first kappa shape index (κ1) is 17.0. The van der Waals surface area contributed by atoms with Crippen molar-refractivity contribution in [2.75, 3.05) is 13.7 Å². The molecule has 0 bridgehead atoms. The van der Waals surface area contributed by atoms with Crippen molar-refractivity contribution in [1.82, 2.24) is 5.32 Å². The number of carbonyl (C=O) groups is 1. The van der Waals surface area contributed by atoms with Crippen LogP contribution in [0.3, 0.4) is 0 Å². The molecule has 1 aromatic carbocycles. The minimum Gasteiger partial charge on any atom is -0.449 e. The molecule has 22 heavy (non-hydrogen) atoms. The lowest BCUT2D eigenvalue weighted by atomic mass is 10.2. The highest BCUT2D eigenvalue weighted by atomic mass is 79.9. The monoisotopic (exact) mass is 383 g/mol. The minimum absolute atomic E-state index is 0.0863. The van der Waals surface area contributed by atoms with Gasteiger partial charge in [-0.3, -0.25) is 0 Å². The van der Waals surface area contributed by atoms with Gasteiger partial charge >= 0.3 is 6.09 Å². The van der Waals surface area contributed by atoms with Crippen LogP contribution in [0.15, 0.2) is 46.3 Å². The standard InChI is InChI=1S/C16H18BrNO3S/c1-18-16(19)20-9-8-14(15-7-4-10-22-15)21-11-12-5-2-3-6-13(12)17/h2-7,10,14H,8-9,11H2,1H3,(H,18,19). The van der Waals surface area contributed by atoms with E-state index >= 15 is 0 Å². The number of thiophene rings is 1. The molecular formula is C16H18BrNO3S. The Labute approximate surface area is 142 Å². The second kappa shape index (κ2) is 8.92. The normalized spacial score (nSPS) is 11.9. The van der Waals surface area contributed by atoms with Crippen LogP contribution in [-0.2, 0) is 16.1 Å². The van der Waals surface area contributed by atoms with Gasteiger partial charge in [0.1, 0.15) is 0 Å². The van der Waals surface area contributed by atoms with E-state index in [9.17, 15) is 4.79 Å². The molecule has 0 aliphatic carbocycles. The van der Waals surface area contributed by atoms with E-state index in [4.69, 9.17) is 9.47 Å². The van der Waals surface area contributed by atoms with Crippen molar-refractivity contribution in [3.05, 3.63) is 56.7 Å². The zero-order chi connectivity index (χ0) is 15.8. The summed E-state index contributed by atoms with van der Waals surface area (Å²) in [6, 6.07) is 12.0. The number of alkyl carbamates (subject to hydrolysis) is 1. The maximum absolute atomic E-state index is 11.1. The van der Waals surface area contributed by atoms with Gasteiger partial charge in [-0.15, -0.1) is 11.3 Å². The molecule has 1 aromatic heterocycles. The summed E-state index contributed by atoms with van der Waals surface area (Å²) in [5.41, 5.74) is 1.09. The van der Waals surface area contributed by atoms with Gasteiger partial charge in [0, 0.05) is 22.8 Å². The summed E-state index contributed by atoms with van der Waals surface area (Å²) in [5.74, 6) is 0. The van der Waals surface area contributed by atoms with E-state index in [0.29, 0.717) is 19.6 Å². The molecule has 0 saturated carbocycles. The molecule has 0 spiro atoms. The van der Waals surface area contributed by atoms with Crippen molar-refractivity contribution in [2.45, 2.75) is 19.1 Å². The molecule has 1 unspecified atom stereocenters. The number of hydrogen-bond acceptors (Lipinski definition) is 4. The molecule has 0 aliphatic heterocycles. The highest BCUT2D eigenvalue weighted by Crippen LogP contribution is 2.28. The predicted molar refractivity (Wildman–Crippen MR) is 91.0 cm³/mol. The van der Waals surface area contributed by atoms with Crippen LogP contribution in [0.25, 0.3) is 0 Å². The number of amides is 1. The zero-order valence-corrected chi connectivity index (χ0v) is 14.7. The maximum Gasteiger partial charge on any atom is 0.406 e. The molecular weight excluding hydrogens is 366 g/mol. The first-order chi connectivity index (χ1) is 10.7. The van der Waals surface area contributed by atoms with Gasteiger partial charge in [-0.25, -0.2) is 4.79 Å². The van der Waals surface area contributed by atoms with Crippen molar-refractivity contribution in [3.8, 4) is 0 Å². The van der Waals surface area contributed by atoms with E-state index in [1.165, 1.54) is 0 Å². The minimum atomic E-state index is -0.421. The summed E-state index contributed by atoms with van der Waals surface area (Å²) in [5, 5.41) is 4.45. The molecule has 4 nitrogen and oxygen atoms in total. The molecule has 1 amide bonds. The number of halogens is 1. The predicted octanol–water partition coefficient (Wildman–Crippen LogP) is 4.51. The van der Waals surface area contributed by atoms with Gasteiger partial charge in [0.25, 0.3) is 0 Å². The summed E-state index contributed by atoms with van der Waals surface area (Å²) in [7, 11) is 1.54. The van der Waals surface area contributed by atoms with E-state index in [-0.39, 0.29) is 6.10 Å². The van der Waals surface area contributed by atoms with Crippen molar-refractivity contribution < 1.29 is 14.3 Å². The van der Waals surface area contributed by atoms with Crippen molar-refractivity contribution in [2.24, 2.45) is 0 Å². The van der Waals surface area contributed by atoms with Crippen molar-refractivity contribution in [1.29, 1.82) is 0 Å². The summed E-state index contributed by atoms with van der Waals surface area (Å²) in [6.07, 6.45) is 0.116. The Morgan fingerprint density at radius 3 is 2.82 bits per heavy atom. The fraction of sp³-hybridized carbons (Fsp3) is 0.312. The van der Waals surface area contributed by atoms with Gasteiger partial charge < -0.3 is 14.8 Å². The van der Waals surface area contributed by atoms with E-state index in [2.05, 4.69) is 21.2 Å². The molecule has 2 aromatic rings. The average molecular weight is 384 g/mol. The molecule has 1 heterocycles. The molecule has 1 atom stereocenters. The summed E-state index contributed by atoms with van der Waals surface area (Å²) < 4.78 is 12.1. The van der Waals surface area contributed by atoms with Crippen LogP contribution in [-0.4, -0.2) is 19.7 Å². The van der Waals surface area contributed by atoms with Gasteiger partial charge in [-0.05, 0) is 23.1 Å². The lowest BCUT2D eigenvalue weighted by molar-refractivity contribution is 0.0218. The Morgan fingerprint density at radius 2 is 2.14 bits per heavy atom. The van der Waals surface area contributed by atoms with Crippen molar-refractivity contribution >= 4 is 33.4 Å². The fourth-order valence-electron chi connectivity index (χ4n) is 1.92. The quantitative estimate of drug-likeness (QED) is 0.764. The van der Waals surface area contributed by atoms with E-state index in [0.717, 1.165) is 14.9 Å². The Kier molecular flexibility index (Phi) is 6.89. The third kappa shape index (κ3) is 5.12. The van der Waals surface area contributed by atoms with Gasteiger partial charge in [-0.2, -0.15) is 0 Å². The molecule has 0 aliphatic rings. The number of nitrogens with one attached hydrogen (secondary N) is 1. The Morgan fingerprint density at radius 1 is 1.32 bits per heavy atom. The summed E-state index contributed by atoms with van der Waals surface area (Å²) in [6.45, 7) is 0.822. The number of hydrogen-bond donors (Lipinski definition) is 1. The molecule has 6 heteroatoms. The number of benzene rings is 1. The fourth-order valence-corrected chi connectivity index (χ4v) is 3.13. The highest BCUT2D eigenvalue weighted by molar-refractivity contribution is 9.10. The first-order valence-electron chi connectivity index (χ1n) is 6.93. The smallest absolute Gasteiger partial charge is 0.406 e. The lowest BCUT2D eigenvalue weighted by Crippen LogP contribution is -2.20. The van der Waals surface area contributed by atoms with Crippen LogP contribution >= 0.6 is 27.3 Å². The van der Waals surface area contributed by atoms with Crippen LogP contribution in [0.2, 0.25) is 0 Å². The molecule has 0 saturated heterocycles. The summed E-state index contributed by atoms with van der Waals surface area (Å²) >= 11 is 5.16. The van der Waals surface area contributed by atoms with Crippen molar-refractivity contribution in [3.63, 3.8) is 0 Å². The number of ether oxygens (including phenoxy) is 2. The van der Waals surface area contributed by atoms with E-state index in [1.807, 2.05) is 41.8 Å². The lowest BCUT2D eigenvalue weighted by Gasteiger charge is -2.17. The van der Waals surface area contributed by atoms with Gasteiger partial charge in [0.05, 0.1) is 19.3 Å². The average Bonchev–Trinajstić information content (AvgIpc) is 3.06. The largest absolute Gasteiger partial charge is 0.449 e.